The van der Waals surface area contributed by atoms with Gasteiger partial charge in [-0.2, -0.15) is 4.98 Å². The lowest BCUT2D eigenvalue weighted by Crippen LogP contribution is -2.18. The summed E-state index contributed by atoms with van der Waals surface area (Å²) in [4.78, 5) is 4.49. The molecule has 102 valence electrons. The smallest absolute Gasteiger partial charge is 0.240 e. The van der Waals surface area contributed by atoms with Crippen molar-refractivity contribution in [3.63, 3.8) is 0 Å². The minimum absolute atomic E-state index is 0.504. The second kappa shape index (κ2) is 7.48. The summed E-state index contributed by atoms with van der Waals surface area (Å²) in [6.45, 7) is 2.13. The monoisotopic (exact) mass is 253 g/mol. The fourth-order valence-corrected chi connectivity index (χ4v) is 2.41. The summed E-state index contributed by atoms with van der Waals surface area (Å²) in [6.07, 6.45) is 7.69. The predicted molar refractivity (Wildman–Crippen MR) is 68.3 cm³/mol. The Labute approximate surface area is 108 Å². The molecule has 1 saturated carbocycles. The molecule has 1 aromatic heterocycles. The fraction of sp³-hybridized carbons (Fsp3) is 0.846. The maximum atomic E-state index is 5.27. The van der Waals surface area contributed by atoms with Crippen molar-refractivity contribution >= 4 is 0 Å². The minimum atomic E-state index is 0.504. The number of nitrogens with zero attached hydrogens (tertiary/aromatic N) is 2. The third-order valence-electron chi connectivity index (χ3n) is 3.46. The van der Waals surface area contributed by atoms with Crippen molar-refractivity contribution in [1.29, 1.82) is 0 Å². The standard InChI is InChI=1S/C13H23N3O2/c1-17-9-8-14-10-12-15-13(16-18-12)11-6-4-2-3-5-7-11/h11,14H,2-10H2,1H3. The Balaban J connectivity index is 1.81. The van der Waals surface area contributed by atoms with E-state index >= 15 is 0 Å². The van der Waals surface area contributed by atoms with Crippen LogP contribution in [0.1, 0.15) is 56.2 Å². The van der Waals surface area contributed by atoms with Gasteiger partial charge in [0.2, 0.25) is 5.89 Å². The Kier molecular flexibility index (Phi) is 5.61. The number of aromatic nitrogens is 2. The van der Waals surface area contributed by atoms with Gasteiger partial charge in [-0.25, -0.2) is 0 Å². The molecule has 0 aliphatic heterocycles. The van der Waals surface area contributed by atoms with Gasteiger partial charge in [-0.05, 0) is 12.8 Å². The van der Waals surface area contributed by atoms with Crippen molar-refractivity contribution in [2.45, 2.75) is 51.0 Å². The van der Waals surface area contributed by atoms with Gasteiger partial charge in [0.1, 0.15) is 0 Å². The lowest BCUT2D eigenvalue weighted by molar-refractivity contribution is 0.197. The molecule has 2 rings (SSSR count). The molecule has 0 radical (unpaired) electrons. The molecule has 1 aromatic rings. The van der Waals surface area contributed by atoms with Gasteiger partial charge in [-0.1, -0.05) is 30.8 Å². The van der Waals surface area contributed by atoms with Crippen molar-refractivity contribution in [2.75, 3.05) is 20.3 Å². The zero-order chi connectivity index (χ0) is 12.6. The summed E-state index contributed by atoms with van der Waals surface area (Å²) in [7, 11) is 1.69. The van der Waals surface area contributed by atoms with Crippen molar-refractivity contribution in [3.05, 3.63) is 11.7 Å². The normalized spacial score (nSPS) is 17.8. The van der Waals surface area contributed by atoms with E-state index in [4.69, 9.17) is 9.26 Å². The molecule has 5 heteroatoms. The first-order valence-electron chi connectivity index (χ1n) is 6.92. The van der Waals surface area contributed by atoms with E-state index in [-0.39, 0.29) is 0 Å². The van der Waals surface area contributed by atoms with Gasteiger partial charge in [0, 0.05) is 19.6 Å². The van der Waals surface area contributed by atoms with Crippen LogP contribution >= 0.6 is 0 Å². The summed E-state index contributed by atoms with van der Waals surface area (Å²) in [5.74, 6) is 2.09. The van der Waals surface area contributed by atoms with Crippen LogP contribution in [0.3, 0.4) is 0 Å². The number of hydrogen-bond acceptors (Lipinski definition) is 5. The molecule has 1 aliphatic carbocycles. The molecule has 1 aliphatic rings. The maximum absolute atomic E-state index is 5.27. The van der Waals surface area contributed by atoms with Crippen LogP contribution in [-0.2, 0) is 11.3 Å². The fourth-order valence-electron chi connectivity index (χ4n) is 2.41. The van der Waals surface area contributed by atoms with Crippen LogP contribution in [0.4, 0.5) is 0 Å². The summed E-state index contributed by atoms with van der Waals surface area (Å²) in [6, 6.07) is 0. The molecule has 1 heterocycles. The lowest BCUT2D eigenvalue weighted by atomic mass is 10.00. The molecule has 0 bridgehead atoms. The minimum Gasteiger partial charge on any atom is -0.383 e. The summed E-state index contributed by atoms with van der Waals surface area (Å²) < 4.78 is 10.2. The van der Waals surface area contributed by atoms with Crippen molar-refractivity contribution in [3.8, 4) is 0 Å². The molecule has 5 nitrogen and oxygen atoms in total. The predicted octanol–water partition coefficient (Wildman–Crippen LogP) is 2.24. The van der Waals surface area contributed by atoms with Gasteiger partial charge in [0.05, 0.1) is 13.2 Å². The van der Waals surface area contributed by atoms with E-state index < -0.39 is 0 Å². The maximum Gasteiger partial charge on any atom is 0.240 e. The molecule has 0 spiro atoms. The molecule has 0 saturated heterocycles. The number of ether oxygens (including phenoxy) is 1. The third-order valence-corrected chi connectivity index (χ3v) is 3.46. The van der Waals surface area contributed by atoms with E-state index in [9.17, 15) is 0 Å². The van der Waals surface area contributed by atoms with Gasteiger partial charge in [0.25, 0.3) is 0 Å². The Morgan fingerprint density at radius 1 is 1.28 bits per heavy atom. The zero-order valence-corrected chi connectivity index (χ0v) is 11.2. The Bertz CT molecular complexity index is 333. The SMILES string of the molecule is COCCNCc1nc(C2CCCCCC2)no1. The summed E-state index contributed by atoms with van der Waals surface area (Å²) in [5.41, 5.74) is 0. The number of methoxy groups -OCH3 is 1. The number of hydrogen-bond donors (Lipinski definition) is 1. The van der Waals surface area contributed by atoms with Gasteiger partial charge in [0.15, 0.2) is 5.82 Å². The molecule has 18 heavy (non-hydrogen) atoms. The first-order valence-corrected chi connectivity index (χ1v) is 6.92. The van der Waals surface area contributed by atoms with Crippen LogP contribution in [0.2, 0.25) is 0 Å². The largest absolute Gasteiger partial charge is 0.383 e. The van der Waals surface area contributed by atoms with Gasteiger partial charge >= 0.3 is 0 Å². The van der Waals surface area contributed by atoms with Crippen LogP contribution in [-0.4, -0.2) is 30.4 Å². The first-order chi connectivity index (χ1) is 8.90. The van der Waals surface area contributed by atoms with E-state index in [2.05, 4.69) is 15.5 Å². The highest BCUT2D eigenvalue weighted by Crippen LogP contribution is 2.29. The molecule has 1 fully saturated rings. The molecule has 0 aromatic carbocycles. The number of rotatable bonds is 6. The van der Waals surface area contributed by atoms with Crippen LogP contribution < -0.4 is 5.32 Å². The molecular weight excluding hydrogens is 230 g/mol. The third kappa shape index (κ3) is 4.07. The van der Waals surface area contributed by atoms with Crippen molar-refractivity contribution in [1.82, 2.24) is 15.5 Å². The van der Waals surface area contributed by atoms with Crippen LogP contribution in [0.25, 0.3) is 0 Å². The van der Waals surface area contributed by atoms with Crippen LogP contribution in [0.15, 0.2) is 4.52 Å². The lowest BCUT2D eigenvalue weighted by Gasteiger charge is -2.07. The van der Waals surface area contributed by atoms with Crippen molar-refractivity contribution in [2.24, 2.45) is 0 Å². The topological polar surface area (TPSA) is 60.2 Å². The van der Waals surface area contributed by atoms with Crippen LogP contribution in [0, 0.1) is 0 Å². The highest BCUT2D eigenvalue weighted by atomic mass is 16.5. The first kappa shape index (κ1) is 13.5. The van der Waals surface area contributed by atoms with E-state index in [0.717, 1.165) is 12.4 Å². The van der Waals surface area contributed by atoms with Crippen LogP contribution in [0.5, 0.6) is 0 Å². The highest BCUT2D eigenvalue weighted by molar-refractivity contribution is 4.96. The quantitative estimate of drug-likeness (QED) is 0.622. The average molecular weight is 253 g/mol. The Hall–Kier alpha value is -0.940. The van der Waals surface area contributed by atoms with E-state index in [1.54, 1.807) is 7.11 Å². The Morgan fingerprint density at radius 3 is 2.78 bits per heavy atom. The van der Waals surface area contributed by atoms with E-state index in [1.807, 2.05) is 0 Å². The van der Waals surface area contributed by atoms with Gasteiger partial charge < -0.3 is 14.6 Å². The summed E-state index contributed by atoms with van der Waals surface area (Å²) >= 11 is 0. The van der Waals surface area contributed by atoms with E-state index in [0.29, 0.717) is 25.0 Å². The second-order valence-corrected chi connectivity index (χ2v) is 4.90. The number of nitrogens with one attached hydrogen (secondary N) is 1. The molecule has 0 amide bonds. The zero-order valence-electron chi connectivity index (χ0n) is 11.2. The van der Waals surface area contributed by atoms with Crippen molar-refractivity contribution < 1.29 is 9.26 Å². The molecule has 0 atom stereocenters. The highest BCUT2D eigenvalue weighted by Gasteiger charge is 2.19. The molecular formula is C13H23N3O2. The van der Waals surface area contributed by atoms with E-state index in [1.165, 1.54) is 38.5 Å². The summed E-state index contributed by atoms with van der Waals surface area (Å²) in [5, 5.41) is 7.33. The molecule has 0 unspecified atom stereocenters. The molecule has 1 N–H and O–H groups in total. The Morgan fingerprint density at radius 2 is 2.06 bits per heavy atom. The van der Waals surface area contributed by atoms with Gasteiger partial charge in [-0.3, -0.25) is 0 Å². The average Bonchev–Trinajstić information content (AvgIpc) is 2.69. The van der Waals surface area contributed by atoms with Gasteiger partial charge in [-0.15, -0.1) is 0 Å². The second-order valence-electron chi connectivity index (χ2n) is 4.90.